The zero-order valence-electron chi connectivity index (χ0n) is 11.7. The molecule has 0 spiro atoms. The van der Waals surface area contributed by atoms with E-state index in [0.29, 0.717) is 6.54 Å². The van der Waals surface area contributed by atoms with Crippen LogP contribution in [0.15, 0.2) is 30.3 Å². The Bertz CT molecular complexity index is 575. The molecule has 0 aliphatic heterocycles. The smallest absolute Gasteiger partial charge is 0.129 e. The van der Waals surface area contributed by atoms with Gasteiger partial charge in [0.15, 0.2) is 0 Å². The number of nitrogen functional groups attached to an aromatic ring is 1. The highest BCUT2D eigenvalue weighted by atomic mass is 16.3. The van der Waals surface area contributed by atoms with Gasteiger partial charge in [0, 0.05) is 24.2 Å². The molecule has 2 aromatic rings. The first-order valence-corrected chi connectivity index (χ1v) is 6.52. The summed E-state index contributed by atoms with van der Waals surface area (Å²) in [6.07, 6.45) is 0. The van der Waals surface area contributed by atoms with Crippen molar-refractivity contribution in [1.82, 2.24) is 4.98 Å². The molecule has 0 saturated carbocycles. The van der Waals surface area contributed by atoms with E-state index in [0.717, 1.165) is 29.0 Å². The van der Waals surface area contributed by atoms with Crippen molar-refractivity contribution in [2.75, 3.05) is 23.7 Å². The van der Waals surface area contributed by atoms with Crippen molar-refractivity contribution in [2.45, 2.75) is 26.4 Å². The van der Waals surface area contributed by atoms with E-state index in [2.05, 4.69) is 16.8 Å². The first-order valence-electron chi connectivity index (χ1n) is 6.52. The maximum Gasteiger partial charge on any atom is 0.129 e. The zero-order chi connectivity index (χ0) is 14.0. The van der Waals surface area contributed by atoms with E-state index in [9.17, 15) is 5.11 Å². The van der Waals surface area contributed by atoms with Crippen LogP contribution in [-0.4, -0.2) is 28.8 Å². The third-order valence-electron chi connectivity index (χ3n) is 2.98. The van der Waals surface area contributed by atoms with Crippen LogP contribution in [-0.2, 0) is 0 Å². The van der Waals surface area contributed by atoms with Crippen LogP contribution >= 0.6 is 0 Å². The molecule has 102 valence electrons. The molecule has 0 saturated heterocycles. The highest BCUT2D eigenvalue weighted by molar-refractivity contribution is 5.83. The highest BCUT2D eigenvalue weighted by Crippen LogP contribution is 2.21. The molecule has 0 aliphatic rings. The standard InChI is InChI=1S/C15H21N3O/c1-4-18(10-15(2,3)19)14-8-5-11-9-12(16)6-7-13(11)17-14/h5-9,19H,4,10,16H2,1-3H3. The number of hydrogen-bond donors (Lipinski definition) is 2. The predicted molar refractivity (Wildman–Crippen MR) is 80.3 cm³/mol. The molecule has 3 N–H and O–H groups in total. The summed E-state index contributed by atoms with van der Waals surface area (Å²) >= 11 is 0. The van der Waals surface area contributed by atoms with Gasteiger partial charge in [-0.25, -0.2) is 4.98 Å². The Kier molecular flexibility index (Phi) is 3.62. The molecule has 1 aromatic heterocycles. The van der Waals surface area contributed by atoms with Gasteiger partial charge in [0.05, 0.1) is 11.1 Å². The summed E-state index contributed by atoms with van der Waals surface area (Å²) in [5.74, 6) is 0.877. The molecule has 0 atom stereocenters. The molecule has 1 aromatic carbocycles. The van der Waals surface area contributed by atoms with Crippen molar-refractivity contribution in [3.8, 4) is 0 Å². The van der Waals surface area contributed by atoms with Crippen molar-refractivity contribution in [1.29, 1.82) is 0 Å². The van der Waals surface area contributed by atoms with Crippen molar-refractivity contribution in [2.24, 2.45) is 0 Å². The van der Waals surface area contributed by atoms with Gasteiger partial charge in [0.1, 0.15) is 5.82 Å². The van der Waals surface area contributed by atoms with Crippen molar-refractivity contribution in [3.63, 3.8) is 0 Å². The first-order chi connectivity index (χ1) is 8.89. The number of nitrogens with two attached hydrogens (primary N) is 1. The van der Waals surface area contributed by atoms with Crippen molar-refractivity contribution in [3.05, 3.63) is 30.3 Å². The molecular formula is C15H21N3O. The van der Waals surface area contributed by atoms with E-state index in [4.69, 9.17) is 5.73 Å². The molecule has 4 heteroatoms. The largest absolute Gasteiger partial charge is 0.399 e. The van der Waals surface area contributed by atoms with Crippen LogP contribution in [0.25, 0.3) is 10.9 Å². The van der Waals surface area contributed by atoms with Crippen LogP contribution in [0.5, 0.6) is 0 Å². The average molecular weight is 259 g/mol. The van der Waals surface area contributed by atoms with Gasteiger partial charge in [0.25, 0.3) is 0 Å². The summed E-state index contributed by atoms with van der Waals surface area (Å²) in [6, 6.07) is 9.67. The molecule has 0 radical (unpaired) electrons. The Morgan fingerprint density at radius 2 is 2.00 bits per heavy atom. The predicted octanol–water partition coefficient (Wildman–Crippen LogP) is 2.41. The Hall–Kier alpha value is -1.81. The molecule has 0 fully saturated rings. The molecule has 19 heavy (non-hydrogen) atoms. The maximum absolute atomic E-state index is 9.94. The third kappa shape index (κ3) is 3.35. The molecule has 0 aliphatic carbocycles. The van der Waals surface area contributed by atoms with Crippen molar-refractivity contribution >= 4 is 22.4 Å². The Balaban J connectivity index is 2.36. The maximum atomic E-state index is 9.94. The van der Waals surface area contributed by atoms with Gasteiger partial charge in [-0.15, -0.1) is 0 Å². The second-order valence-electron chi connectivity index (χ2n) is 5.45. The van der Waals surface area contributed by atoms with Gasteiger partial charge in [-0.1, -0.05) is 0 Å². The lowest BCUT2D eigenvalue weighted by molar-refractivity contribution is 0.0874. The summed E-state index contributed by atoms with van der Waals surface area (Å²) < 4.78 is 0. The number of pyridine rings is 1. The fourth-order valence-corrected chi connectivity index (χ4v) is 2.13. The number of hydrogen-bond acceptors (Lipinski definition) is 4. The monoisotopic (exact) mass is 259 g/mol. The second-order valence-corrected chi connectivity index (χ2v) is 5.45. The lowest BCUT2D eigenvalue weighted by Crippen LogP contribution is -2.39. The summed E-state index contributed by atoms with van der Waals surface area (Å²) in [5, 5.41) is 11.0. The van der Waals surface area contributed by atoms with Gasteiger partial charge in [-0.05, 0) is 51.1 Å². The fraction of sp³-hybridized carbons (Fsp3) is 0.400. The normalized spacial score (nSPS) is 11.8. The highest BCUT2D eigenvalue weighted by Gasteiger charge is 2.18. The number of benzene rings is 1. The van der Waals surface area contributed by atoms with E-state index in [1.54, 1.807) is 13.8 Å². The number of fused-ring (bicyclic) bond motifs is 1. The van der Waals surface area contributed by atoms with E-state index >= 15 is 0 Å². The van der Waals surface area contributed by atoms with Gasteiger partial charge >= 0.3 is 0 Å². The van der Waals surface area contributed by atoms with Gasteiger partial charge in [-0.3, -0.25) is 0 Å². The topological polar surface area (TPSA) is 62.4 Å². The molecule has 2 rings (SSSR count). The molecule has 1 heterocycles. The summed E-state index contributed by atoms with van der Waals surface area (Å²) in [4.78, 5) is 6.70. The average Bonchev–Trinajstić information content (AvgIpc) is 2.34. The molecule has 0 bridgehead atoms. The first kappa shape index (κ1) is 13.6. The van der Waals surface area contributed by atoms with Crippen LogP contribution in [0.4, 0.5) is 11.5 Å². The number of nitrogens with zero attached hydrogens (tertiary/aromatic N) is 2. The van der Waals surface area contributed by atoms with Gasteiger partial charge < -0.3 is 15.7 Å². The zero-order valence-corrected chi connectivity index (χ0v) is 11.7. The van der Waals surface area contributed by atoms with Crippen LogP contribution in [0.1, 0.15) is 20.8 Å². The number of likely N-dealkylation sites (N-methyl/N-ethyl adjacent to an activating group) is 1. The fourth-order valence-electron chi connectivity index (χ4n) is 2.13. The lowest BCUT2D eigenvalue weighted by atomic mass is 10.1. The quantitative estimate of drug-likeness (QED) is 0.828. The minimum Gasteiger partial charge on any atom is -0.399 e. The number of anilines is 2. The van der Waals surface area contributed by atoms with Crippen LogP contribution in [0.3, 0.4) is 0 Å². The lowest BCUT2D eigenvalue weighted by Gasteiger charge is -2.29. The summed E-state index contributed by atoms with van der Waals surface area (Å²) in [7, 11) is 0. The minimum atomic E-state index is -0.742. The second kappa shape index (κ2) is 5.05. The SMILES string of the molecule is CCN(CC(C)(C)O)c1ccc2cc(N)ccc2n1. The Morgan fingerprint density at radius 3 is 2.63 bits per heavy atom. The Morgan fingerprint density at radius 1 is 1.26 bits per heavy atom. The number of aliphatic hydroxyl groups is 1. The molecular weight excluding hydrogens is 238 g/mol. The third-order valence-corrected chi connectivity index (χ3v) is 2.98. The number of rotatable bonds is 4. The molecule has 0 unspecified atom stereocenters. The Labute approximate surface area is 113 Å². The summed E-state index contributed by atoms with van der Waals surface area (Å²) in [6.45, 7) is 7.02. The molecule has 4 nitrogen and oxygen atoms in total. The molecule has 0 amide bonds. The van der Waals surface area contributed by atoms with E-state index in [1.807, 2.05) is 30.3 Å². The van der Waals surface area contributed by atoms with Crippen molar-refractivity contribution < 1.29 is 5.11 Å². The van der Waals surface area contributed by atoms with Gasteiger partial charge in [-0.2, -0.15) is 0 Å². The van der Waals surface area contributed by atoms with Crippen LogP contribution in [0.2, 0.25) is 0 Å². The van der Waals surface area contributed by atoms with Crippen LogP contribution < -0.4 is 10.6 Å². The van der Waals surface area contributed by atoms with Crippen LogP contribution in [0, 0.1) is 0 Å². The summed E-state index contributed by atoms with van der Waals surface area (Å²) in [5.41, 5.74) is 6.68. The minimum absolute atomic E-state index is 0.553. The van der Waals surface area contributed by atoms with E-state index in [-0.39, 0.29) is 0 Å². The van der Waals surface area contributed by atoms with E-state index < -0.39 is 5.60 Å². The van der Waals surface area contributed by atoms with E-state index in [1.165, 1.54) is 0 Å². The van der Waals surface area contributed by atoms with Gasteiger partial charge in [0.2, 0.25) is 0 Å². The number of aromatic nitrogens is 1.